The molecule has 32 heavy (non-hydrogen) atoms. The summed E-state index contributed by atoms with van der Waals surface area (Å²) in [6, 6.07) is 11.1. The third kappa shape index (κ3) is 4.55. The summed E-state index contributed by atoms with van der Waals surface area (Å²) in [7, 11) is 1.54. The van der Waals surface area contributed by atoms with Gasteiger partial charge in [0.1, 0.15) is 11.8 Å². The van der Waals surface area contributed by atoms with Crippen molar-refractivity contribution in [2.45, 2.75) is 25.3 Å². The molecule has 8 nitrogen and oxygen atoms in total. The van der Waals surface area contributed by atoms with Crippen LogP contribution in [0.15, 0.2) is 48.7 Å². The molecule has 2 heterocycles. The van der Waals surface area contributed by atoms with Crippen LogP contribution in [0.1, 0.15) is 18.4 Å². The highest BCUT2D eigenvalue weighted by atomic mass is 35.5. The summed E-state index contributed by atoms with van der Waals surface area (Å²) in [5, 5.41) is 7.21. The minimum Gasteiger partial charge on any atom is -0.497 e. The maximum absolute atomic E-state index is 12.7. The van der Waals surface area contributed by atoms with Gasteiger partial charge in [0.25, 0.3) is 5.91 Å². The van der Waals surface area contributed by atoms with Crippen LogP contribution >= 0.6 is 11.6 Å². The number of ether oxygens (including phenoxy) is 1. The number of aromatic amines is 1. The number of imide groups is 1. The van der Waals surface area contributed by atoms with Gasteiger partial charge in [0.05, 0.1) is 12.8 Å². The van der Waals surface area contributed by atoms with E-state index in [1.165, 1.54) is 0 Å². The van der Waals surface area contributed by atoms with Crippen LogP contribution in [0.4, 0.5) is 10.5 Å². The van der Waals surface area contributed by atoms with Crippen LogP contribution in [0.3, 0.4) is 0 Å². The van der Waals surface area contributed by atoms with Crippen molar-refractivity contribution in [3.8, 4) is 5.75 Å². The standard InChI is InChI=1S/C23H23ClN4O4/c1-32-17-5-3-16(4-6-17)28-22(30)20(27-23(28)31)8-9-21(29)25-11-10-14-13-26-19-7-2-15(24)12-18(14)19/h2-7,12-13,20,26H,8-11H2,1H3,(H,25,29)(H,27,31)/t20-/m1/s1. The first-order chi connectivity index (χ1) is 15.5. The smallest absolute Gasteiger partial charge is 0.329 e. The molecule has 3 aromatic rings. The van der Waals surface area contributed by atoms with E-state index < -0.39 is 12.1 Å². The molecule has 1 aromatic heterocycles. The van der Waals surface area contributed by atoms with E-state index in [0.29, 0.717) is 29.4 Å². The zero-order valence-electron chi connectivity index (χ0n) is 17.5. The van der Waals surface area contributed by atoms with Crippen LogP contribution in [0.2, 0.25) is 5.02 Å². The van der Waals surface area contributed by atoms with Crippen LogP contribution < -0.4 is 20.3 Å². The molecule has 0 radical (unpaired) electrons. The number of urea groups is 1. The quantitative estimate of drug-likeness (QED) is 0.454. The lowest BCUT2D eigenvalue weighted by molar-refractivity contribution is -0.121. The summed E-state index contributed by atoms with van der Waals surface area (Å²) in [4.78, 5) is 41.5. The van der Waals surface area contributed by atoms with E-state index in [2.05, 4.69) is 15.6 Å². The fourth-order valence-corrected chi connectivity index (χ4v) is 3.93. The maximum atomic E-state index is 12.7. The molecule has 0 aliphatic carbocycles. The molecule has 0 unspecified atom stereocenters. The molecule has 1 aliphatic heterocycles. The van der Waals surface area contributed by atoms with E-state index in [9.17, 15) is 14.4 Å². The first kappa shape index (κ1) is 21.7. The molecule has 1 saturated heterocycles. The molecular formula is C23H23ClN4O4. The number of fused-ring (bicyclic) bond motifs is 1. The summed E-state index contributed by atoms with van der Waals surface area (Å²) in [6.45, 7) is 0.460. The molecule has 3 N–H and O–H groups in total. The van der Waals surface area contributed by atoms with Gasteiger partial charge in [-0.2, -0.15) is 0 Å². The van der Waals surface area contributed by atoms with Gasteiger partial charge in [0.2, 0.25) is 5.91 Å². The minimum atomic E-state index is -0.730. The van der Waals surface area contributed by atoms with Crippen LogP contribution in [0.25, 0.3) is 10.9 Å². The number of amides is 4. The highest BCUT2D eigenvalue weighted by Gasteiger charge is 2.38. The van der Waals surface area contributed by atoms with Crippen LogP contribution in [0.5, 0.6) is 5.75 Å². The third-order valence-electron chi connectivity index (χ3n) is 5.46. The minimum absolute atomic E-state index is 0.132. The molecular weight excluding hydrogens is 432 g/mol. The highest BCUT2D eigenvalue weighted by molar-refractivity contribution is 6.31. The van der Waals surface area contributed by atoms with Gasteiger partial charge in [-0.15, -0.1) is 0 Å². The maximum Gasteiger partial charge on any atom is 0.329 e. The van der Waals surface area contributed by atoms with Crippen molar-refractivity contribution in [2.75, 3.05) is 18.6 Å². The van der Waals surface area contributed by atoms with Crippen molar-refractivity contribution in [3.63, 3.8) is 0 Å². The lowest BCUT2D eigenvalue weighted by atomic mass is 10.1. The van der Waals surface area contributed by atoms with Crippen LogP contribution in [-0.4, -0.2) is 42.5 Å². The molecule has 1 aliphatic rings. The predicted octanol–water partition coefficient (Wildman–Crippen LogP) is 3.39. The number of hydrogen-bond donors (Lipinski definition) is 3. The van der Waals surface area contributed by atoms with Gasteiger partial charge < -0.3 is 20.4 Å². The van der Waals surface area contributed by atoms with E-state index in [1.807, 2.05) is 24.4 Å². The normalized spacial score (nSPS) is 15.8. The Kier molecular flexibility index (Phi) is 6.32. The molecule has 1 fully saturated rings. The Morgan fingerprint density at radius 3 is 2.72 bits per heavy atom. The molecule has 0 saturated carbocycles. The van der Waals surface area contributed by atoms with Crippen molar-refractivity contribution >= 4 is 46.0 Å². The fourth-order valence-electron chi connectivity index (χ4n) is 3.76. The second-order valence-electron chi connectivity index (χ2n) is 7.52. The Hall–Kier alpha value is -3.52. The number of rotatable bonds is 8. The lowest BCUT2D eigenvalue weighted by Crippen LogP contribution is -2.33. The number of benzene rings is 2. The Morgan fingerprint density at radius 1 is 1.19 bits per heavy atom. The van der Waals surface area contributed by atoms with Crippen molar-refractivity contribution in [1.82, 2.24) is 15.6 Å². The highest BCUT2D eigenvalue weighted by Crippen LogP contribution is 2.24. The number of halogens is 1. The average Bonchev–Trinajstić information content (AvgIpc) is 3.31. The SMILES string of the molecule is COc1ccc(N2C(=O)N[C@H](CCC(=O)NCCc3c[nH]c4ccc(Cl)cc34)C2=O)cc1. The second kappa shape index (κ2) is 9.32. The molecule has 1 atom stereocenters. The number of hydrogen-bond acceptors (Lipinski definition) is 4. The number of carbonyl (C=O) groups is 3. The lowest BCUT2D eigenvalue weighted by Gasteiger charge is -2.13. The molecule has 4 rings (SSSR count). The van der Waals surface area contributed by atoms with Gasteiger partial charge in [-0.25, -0.2) is 9.69 Å². The Bertz CT molecular complexity index is 1160. The average molecular weight is 455 g/mol. The summed E-state index contributed by atoms with van der Waals surface area (Å²) >= 11 is 6.07. The zero-order chi connectivity index (χ0) is 22.7. The van der Waals surface area contributed by atoms with Crippen molar-refractivity contribution in [3.05, 3.63) is 59.2 Å². The van der Waals surface area contributed by atoms with Gasteiger partial charge in [-0.3, -0.25) is 9.59 Å². The molecule has 166 valence electrons. The largest absolute Gasteiger partial charge is 0.497 e. The summed E-state index contributed by atoms with van der Waals surface area (Å²) < 4.78 is 5.10. The molecule has 4 amide bonds. The van der Waals surface area contributed by atoms with E-state index in [1.54, 1.807) is 31.4 Å². The second-order valence-corrected chi connectivity index (χ2v) is 7.95. The molecule has 9 heteroatoms. The predicted molar refractivity (Wildman–Crippen MR) is 122 cm³/mol. The Morgan fingerprint density at radius 2 is 1.97 bits per heavy atom. The van der Waals surface area contributed by atoms with Crippen molar-refractivity contribution in [2.24, 2.45) is 0 Å². The number of nitrogens with one attached hydrogen (secondary N) is 3. The summed E-state index contributed by atoms with van der Waals surface area (Å²) in [6.07, 6.45) is 2.92. The van der Waals surface area contributed by atoms with Crippen molar-refractivity contribution in [1.29, 1.82) is 0 Å². The van der Waals surface area contributed by atoms with Crippen LogP contribution in [-0.2, 0) is 16.0 Å². The Labute approximate surface area is 189 Å². The third-order valence-corrected chi connectivity index (χ3v) is 5.69. The zero-order valence-corrected chi connectivity index (χ0v) is 18.2. The number of carbonyl (C=O) groups excluding carboxylic acids is 3. The number of anilines is 1. The van der Waals surface area contributed by atoms with Gasteiger partial charge in [-0.05, 0) is 60.9 Å². The van der Waals surface area contributed by atoms with E-state index in [0.717, 1.165) is 21.4 Å². The topological polar surface area (TPSA) is 104 Å². The number of aromatic nitrogens is 1. The summed E-state index contributed by atoms with van der Waals surface area (Å²) in [5.41, 5.74) is 2.52. The van der Waals surface area contributed by atoms with Gasteiger partial charge in [0.15, 0.2) is 0 Å². The van der Waals surface area contributed by atoms with Gasteiger partial charge >= 0.3 is 6.03 Å². The van der Waals surface area contributed by atoms with Gasteiger partial charge in [0, 0.05) is 35.1 Å². The van der Waals surface area contributed by atoms with Gasteiger partial charge in [-0.1, -0.05) is 11.6 Å². The monoisotopic (exact) mass is 454 g/mol. The molecule has 0 spiro atoms. The number of H-pyrrole nitrogens is 1. The number of methoxy groups -OCH3 is 1. The molecule has 2 aromatic carbocycles. The first-order valence-corrected chi connectivity index (χ1v) is 10.6. The Balaban J connectivity index is 1.26. The summed E-state index contributed by atoms with van der Waals surface area (Å²) in [5.74, 6) is 0.0845. The van der Waals surface area contributed by atoms with E-state index in [-0.39, 0.29) is 24.7 Å². The van der Waals surface area contributed by atoms with Crippen molar-refractivity contribution < 1.29 is 19.1 Å². The fraction of sp³-hybridized carbons (Fsp3) is 0.261. The van der Waals surface area contributed by atoms with E-state index >= 15 is 0 Å². The first-order valence-electron chi connectivity index (χ1n) is 10.3. The van der Waals surface area contributed by atoms with Crippen LogP contribution in [0, 0.1) is 0 Å². The molecule has 0 bridgehead atoms. The van der Waals surface area contributed by atoms with E-state index in [4.69, 9.17) is 16.3 Å². The number of nitrogens with zero attached hydrogens (tertiary/aromatic N) is 1.